The highest BCUT2D eigenvalue weighted by molar-refractivity contribution is 7.21. The molecule has 1 aliphatic rings. The van der Waals surface area contributed by atoms with Crippen molar-refractivity contribution in [1.82, 2.24) is 4.90 Å². The van der Waals surface area contributed by atoms with Crippen LogP contribution in [0.2, 0.25) is 10.0 Å². The number of thiophene rings is 1. The van der Waals surface area contributed by atoms with Gasteiger partial charge < -0.3 is 9.64 Å². The minimum Gasteiger partial charge on any atom is -0.381 e. The van der Waals surface area contributed by atoms with Crippen LogP contribution >= 0.6 is 34.5 Å². The zero-order chi connectivity index (χ0) is 15.7. The van der Waals surface area contributed by atoms with E-state index >= 15 is 0 Å². The minimum atomic E-state index is 0.0151. The van der Waals surface area contributed by atoms with Gasteiger partial charge in [-0.2, -0.15) is 0 Å². The lowest BCUT2D eigenvalue weighted by molar-refractivity contribution is 0.0767. The van der Waals surface area contributed by atoms with Gasteiger partial charge in [0.05, 0.1) is 11.6 Å². The van der Waals surface area contributed by atoms with Crippen LogP contribution in [0.15, 0.2) is 18.2 Å². The van der Waals surface area contributed by atoms with Crippen LogP contribution in [-0.4, -0.2) is 37.1 Å². The van der Waals surface area contributed by atoms with Crippen LogP contribution in [0.4, 0.5) is 0 Å². The average Bonchev–Trinajstić information content (AvgIpc) is 3.09. The van der Waals surface area contributed by atoms with Gasteiger partial charge in [-0.15, -0.1) is 11.3 Å². The van der Waals surface area contributed by atoms with Gasteiger partial charge in [0.25, 0.3) is 5.91 Å². The quantitative estimate of drug-likeness (QED) is 0.792. The third-order valence-corrected chi connectivity index (χ3v) is 5.80. The van der Waals surface area contributed by atoms with Crippen molar-refractivity contribution in [3.05, 3.63) is 33.1 Å². The lowest BCUT2D eigenvalue weighted by atomic mass is 10.1. The van der Waals surface area contributed by atoms with E-state index < -0.39 is 0 Å². The zero-order valence-electron chi connectivity index (χ0n) is 12.3. The van der Waals surface area contributed by atoms with Crippen molar-refractivity contribution in [2.75, 3.05) is 26.3 Å². The molecule has 0 radical (unpaired) electrons. The second-order valence-electron chi connectivity index (χ2n) is 5.45. The maximum Gasteiger partial charge on any atom is 0.265 e. The van der Waals surface area contributed by atoms with Crippen molar-refractivity contribution in [2.24, 2.45) is 5.92 Å². The predicted molar refractivity (Wildman–Crippen MR) is 92.3 cm³/mol. The molecule has 1 unspecified atom stereocenters. The first kappa shape index (κ1) is 16.1. The van der Waals surface area contributed by atoms with Crippen LogP contribution in [0.3, 0.4) is 0 Å². The molecule has 1 aromatic heterocycles. The summed E-state index contributed by atoms with van der Waals surface area (Å²) in [6, 6.07) is 5.52. The Labute approximate surface area is 143 Å². The van der Waals surface area contributed by atoms with E-state index in [4.69, 9.17) is 27.9 Å². The lowest BCUT2D eigenvalue weighted by Gasteiger charge is -2.15. The molecule has 1 aliphatic heterocycles. The molecule has 1 amide bonds. The summed E-state index contributed by atoms with van der Waals surface area (Å²) in [4.78, 5) is 15.2. The first-order chi connectivity index (χ1) is 10.6. The summed E-state index contributed by atoms with van der Waals surface area (Å²) < 4.78 is 6.41. The van der Waals surface area contributed by atoms with E-state index in [1.165, 1.54) is 11.3 Å². The van der Waals surface area contributed by atoms with Gasteiger partial charge in [-0.1, -0.05) is 29.3 Å². The fraction of sp³-hybridized carbons (Fsp3) is 0.438. The number of likely N-dealkylation sites (tertiary alicyclic amines) is 1. The van der Waals surface area contributed by atoms with Gasteiger partial charge in [-0.25, -0.2) is 0 Å². The first-order valence-electron chi connectivity index (χ1n) is 7.34. The number of carbonyl (C=O) groups excluding carboxylic acids is 1. The molecule has 3 nitrogen and oxygen atoms in total. The number of hydrogen-bond acceptors (Lipinski definition) is 3. The van der Waals surface area contributed by atoms with Crippen molar-refractivity contribution in [3.8, 4) is 0 Å². The average molecular weight is 358 g/mol. The van der Waals surface area contributed by atoms with Crippen LogP contribution in [-0.2, 0) is 4.74 Å². The number of halogens is 2. The summed E-state index contributed by atoms with van der Waals surface area (Å²) in [6.07, 6.45) is 0.986. The van der Waals surface area contributed by atoms with E-state index in [0.29, 0.717) is 27.4 Å². The Morgan fingerprint density at radius 3 is 3.05 bits per heavy atom. The Kier molecular flexibility index (Phi) is 4.93. The SMILES string of the molecule is CCOCC1CCN(C(=O)c2sc3cc(Cl)ccc3c2Cl)C1. The third kappa shape index (κ3) is 3.11. The minimum absolute atomic E-state index is 0.0151. The van der Waals surface area contributed by atoms with Gasteiger partial charge >= 0.3 is 0 Å². The summed E-state index contributed by atoms with van der Waals surface area (Å²) >= 11 is 13.8. The van der Waals surface area contributed by atoms with Gasteiger partial charge in [0.2, 0.25) is 0 Å². The Bertz CT molecular complexity index is 701. The maximum atomic E-state index is 12.7. The molecule has 1 saturated heterocycles. The number of benzene rings is 1. The highest BCUT2D eigenvalue weighted by Gasteiger charge is 2.29. The van der Waals surface area contributed by atoms with Crippen molar-refractivity contribution >= 4 is 50.5 Å². The molecule has 3 rings (SSSR count). The number of rotatable bonds is 4. The van der Waals surface area contributed by atoms with Crippen molar-refractivity contribution in [3.63, 3.8) is 0 Å². The molecule has 0 bridgehead atoms. The molecule has 6 heteroatoms. The smallest absolute Gasteiger partial charge is 0.265 e. The van der Waals surface area contributed by atoms with Gasteiger partial charge in [0.15, 0.2) is 0 Å². The Hall–Kier alpha value is -0.810. The summed E-state index contributed by atoms with van der Waals surface area (Å²) in [5, 5.41) is 2.08. The second kappa shape index (κ2) is 6.75. The normalized spacial score (nSPS) is 18.3. The number of fused-ring (bicyclic) bond motifs is 1. The highest BCUT2D eigenvalue weighted by Crippen LogP contribution is 2.38. The topological polar surface area (TPSA) is 29.5 Å². The summed E-state index contributed by atoms with van der Waals surface area (Å²) in [6.45, 7) is 4.93. The highest BCUT2D eigenvalue weighted by atomic mass is 35.5. The van der Waals surface area contributed by atoms with Crippen LogP contribution in [0.1, 0.15) is 23.0 Å². The second-order valence-corrected chi connectivity index (χ2v) is 7.32. The van der Waals surface area contributed by atoms with Crippen LogP contribution < -0.4 is 0 Å². The predicted octanol–water partition coefficient (Wildman–Crippen LogP) is 4.71. The molecule has 1 atom stereocenters. The number of amides is 1. The van der Waals surface area contributed by atoms with E-state index in [-0.39, 0.29) is 5.91 Å². The monoisotopic (exact) mass is 357 g/mol. The summed E-state index contributed by atoms with van der Waals surface area (Å²) in [5.74, 6) is 0.438. The molecule has 0 N–H and O–H groups in total. The van der Waals surface area contributed by atoms with Crippen LogP contribution in [0, 0.1) is 5.92 Å². The third-order valence-electron chi connectivity index (χ3n) is 3.92. The lowest BCUT2D eigenvalue weighted by Crippen LogP contribution is -2.28. The van der Waals surface area contributed by atoms with E-state index in [1.54, 1.807) is 6.07 Å². The number of nitrogens with zero attached hydrogens (tertiary/aromatic N) is 1. The maximum absolute atomic E-state index is 12.7. The Morgan fingerprint density at radius 1 is 1.45 bits per heavy atom. The summed E-state index contributed by atoms with van der Waals surface area (Å²) in [7, 11) is 0. The molecular formula is C16H17Cl2NO2S. The van der Waals surface area contributed by atoms with E-state index in [0.717, 1.165) is 36.2 Å². The van der Waals surface area contributed by atoms with Gasteiger partial charge in [0, 0.05) is 40.7 Å². The van der Waals surface area contributed by atoms with Gasteiger partial charge in [-0.3, -0.25) is 4.79 Å². The molecule has 22 heavy (non-hydrogen) atoms. The van der Waals surface area contributed by atoms with Gasteiger partial charge in [0.1, 0.15) is 4.88 Å². The fourth-order valence-electron chi connectivity index (χ4n) is 2.76. The zero-order valence-corrected chi connectivity index (χ0v) is 14.6. The molecule has 118 valence electrons. The number of ether oxygens (including phenoxy) is 1. The van der Waals surface area contributed by atoms with Crippen LogP contribution in [0.5, 0.6) is 0 Å². The van der Waals surface area contributed by atoms with Crippen molar-refractivity contribution in [1.29, 1.82) is 0 Å². The molecule has 2 aromatic rings. The molecular weight excluding hydrogens is 341 g/mol. The van der Waals surface area contributed by atoms with Crippen molar-refractivity contribution in [2.45, 2.75) is 13.3 Å². The standard InChI is InChI=1S/C16H17Cl2NO2S/c1-2-21-9-10-5-6-19(8-10)16(20)15-14(18)12-4-3-11(17)7-13(12)22-15/h3-4,7,10H,2,5-6,8-9H2,1H3. The molecule has 1 fully saturated rings. The molecule has 2 heterocycles. The van der Waals surface area contributed by atoms with E-state index in [1.807, 2.05) is 24.0 Å². The summed E-state index contributed by atoms with van der Waals surface area (Å²) in [5.41, 5.74) is 0. The Morgan fingerprint density at radius 2 is 2.27 bits per heavy atom. The van der Waals surface area contributed by atoms with Crippen molar-refractivity contribution < 1.29 is 9.53 Å². The molecule has 1 aromatic carbocycles. The van der Waals surface area contributed by atoms with E-state index in [9.17, 15) is 4.79 Å². The van der Waals surface area contributed by atoms with Gasteiger partial charge in [-0.05, 0) is 25.5 Å². The largest absolute Gasteiger partial charge is 0.381 e. The molecule has 0 saturated carbocycles. The molecule has 0 spiro atoms. The number of hydrogen-bond donors (Lipinski definition) is 0. The Balaban J connectivity index is 1.79. The first-order valence-corrected chi connectivity index (χ1v) is 8.92. The fourth-order valence-corrected chi connectivity index (χ4v) is 4.51. The van der Waals surface area contributed by atoms with Crippen LogP contribution in [0.25, 0.3) is 10.1 Å². The van der Waals surface area contributed by atoms with E-state index in [2.05, 4.69) is 0 Å². The molecule has 0 aliphatic carbocycles. The number of carbonyl (C=O) groups is 1.